The Morgan fingerprint density at radius 1 is 1.38 bits per heavy atom. The number of hydrogen-bond donors (Lipinski definition) is 0. The highest BCUT2D eigenvalue weighted by Crippen LogP contribution is 2.46. The van der Waals surface area contributed by atoms with E-state index in [0.29, 0.717) is 0 Å². The number of methoxy groups -OCH3 is 1. The third-order valence-corrected chi connectivity index (χ3v) is 5.61. The number of nitrogens with zero attached hydrogens (tertiary/aromatic N) is 2. The van der Waals surface area contributed by atoms with E-state index < -0.39 is 0 Å². The highest BCUT2D eigenvalue weighted by molar-refractivity contribution is 8.01. The van der Waals surface area contributed by atoms with Crippen LogP contribution in [0.4, 0.5) is 5.13 Å². The number of ether oxygens (including phenoxy) is 1. The molecule has 21 heavy (non-hydrogen) atoms. The SMILES string of the molecule is COc1cccc([C@H]2S[C@H](C)C(=O)N2c2ncc(C)s2)c1. The van der Waals surface area contributed by atoms with E-state index in [1.807, 2.05) is 49.2 Å². The van der Waals surface area contributed by atoms with Crippen LogP contribution < -0.4 is 9.64 Å². The van der Waals surface area contributed by atoms with Crippen LogP contribution in [-0.4, -0.2) is 23.3 Å². The number of rotatable bonds is 3. The summed E-state index contributed by atoms with van der Waals surface area (Å²) in [6, 6.07) is 7.87. The molecule has 0 radical (unpaired) electrons. The van der Waals surface area contributed by atoms with Gasteiger partial charge in [-0.05, 0) is 31.5 Å². The van der Waals surface area contributed by atoms with Crippen molar-refractivity contribution in [3.63, 3.8) is 0 Å². The molecule has 3 rings (SSSR count). The van der Waals surface area contributed by atoms with Gasteiger partial charge in [0.1, 0.15) is 11.1 Å². The molecule has 1 saturated heterocycles. The van der Waals surface area contributed by atoms with E-state index in [9.17, 15) is 4.79 Å². The molecular formula is C15H16N2O2S2. The fourth-order valence-corrected chi connectivity index (χ4v) is 4.40. The van der Waals surface area contributed by atoms with Gasteiger partial charge in [0, 0.05) is 11.1 Å². The highest BCUT2D eigenvalue weighted by Gasteiger charge is 2.40. The molecule has 1 amide bonds. The molecule has 1 aliphatic rings. The Kier molecular flexibility index (Phi) is 3.91. The maximum Gasteiger partial charge on any atom is 0.242 e. The zero-order valence-corrected chi connectivity index (χ0v) is 13.7. The van der Waals surface area contributed by atoms with E-state index in [-0.39, 0.29) is 16.5 Å². The lowest BCUT2D eigenvalue weighted by atomic mass is 10.2. The number of thioether (sulfide) groups is 1. The largest absolute Gasteiger partial charge is 0.497 e. The number of hydrogen-bond acceptors (Lipinski definition) is 5. The van der Waals surface area contributed by atoms with Gasteiger partial charge in [-0.3, -0.25) is 9.69 Å². The Morgan fingerprint density at radius 2 is 2.19 bits per heavy atom. The molecule has 1 aromatic heterocycles. The molecule has 2 atom stereocenters. The van der Waals surface area contributed by atoms with Crippen LogP contribution in [0, 0.1) is 6.92 Å². The Morgan fingerprint density at radius 3 is 2.86 bits per heavy atom. The van der Waals surface area contributed by atoms with Gasteiger partial charge < -0.3 is 4.74 Å². The summed E-state index contributed by atoms with van der Waals surface area (Å²) >= 11 is 3.19. The summed E-state index contributed by atoms with van der Waals surface area (Å²) in [5, 5.41) is 0.653. The highest BCUT2D eigenvalue weighted by atomic mass is 32.2. The number of aryl methyl sites for hydroxylation is 1. The average molecular weight is 320 g/mol. The molecule has 1 aliphatic heterocycles. The first kappa shape index (κ1) is 14.4. The van der Waals surface area contributed by atoms with E-state index in [2.05, 4.69) is 4.98 Å². The summed E-state index contributed by atoms with van der Waals surface area (Å²) in [5.74, 6) is 0.914. The molecule has 0 bridgehead atoms. The minimum absolute atomic E-state index is 0.0480. The summed E-state index contributed by atoms with van der Waals surface area (Å²) in [7, 11) is 1.65. The van der Waals surface area contributed by atoms with Crippen LogP contribution >= 0.6 is 23.1 Å². The van der Waals surface area contributed by atoms with E-state index in [0.717, 1.165) is 21.3 Å². The third kappa shape index (κ3) is 2.65. The smallest absolute Gasteiger partial charge is 0.242 e. The lowest BCUT2D eigenvalue weighted by Gasteiger charge is -2.21. The second-order valence-corrected chi connectivity index (χ2v) is 7.51. The summed E-state index contributed by atoms with van der Waals surface area (Å²) in [4.78, 5) is 19.8. The number of amides is 1. The third-order valence-electron chi connectivity index (χ3n) is 3.35. The molecule has 6 heteroatoms. The van der Waals surface area contributed by atoms with Crippen molar-refractivity contribution < 1.29 is 9.53 Å². The summed E-state index contributed by atoms with van der Waals surface area (Å²) < 4.78 is 5.29. The molecule has 1 aromatic carbocycles. The normalized spacial score (nSPS) is 21.9. The standard InChI is InChI=1S/C15H16N2O2S2/c1-9-8-16-15(20-9)17-13(18)10(2)21-14(17)11-5-4-6-12(7-11)19-3/h4-8,10,14H,1-3H3/t10-,14-/m1/s1. The van der Waals surface area contributed by atoms with E-state index in [4.69, 9.17) is 4.74 Å². The number of aromatic nitrogens is 1. The lowest BCUT2D eigenvalue weighted by Crippen LogP contribution is -2.29. The van der Waals surface area contributed by atoms with Crippen LogP contribution in [0.1, 0.15) is 22.7 Å². The molecule has 2 aromatic rings. The fourth-order valence-electron chi connectivity index (χ4n) is 2.30. The summed E-state index contributed by atoms with van der Waals surface area (Å²) in [6.07, 6.45) is 1.81. The molecule has 0 unspecified atom stereocenters. The van der Waals surface area contributed by atoms with Crippen LogP contribution in [0.15, 0.2) is 30.5 Å². The van der Waals surface area contributed by atoms with E-state index in [1.165, 1.54) is 0 Å². The molecule has 0 aliphatic carbocycles. The van der Waals surface area contributed by atoms with E-state index >= 15 is 0 Å². The maximum atomic E-state index is 12.5. The number of carbonyl (C=O) groups is 1. The average Bonchev–Trinajstić information content (AvgIpc) is 3.03. The quantitative estimate of drug-likeness (QED) is 0.866. The number of carbonyl (C=O) groups excluding carboxylic acids is 1. The van der Waals surface area contributed by atoms with Crippen molar-refractivity contribution in [2.24, 2.45) is 0 Å². The number of anilines is 1. The second-order valence-electron chi connectivity index (χ2n) is 4.87. The molecule has 1 fully saturated rings. The molecule has 4 nitrogen and oxygen atoms in total. The van der Waals surface area contributed by atoms with Crippen molar-refractivity contribution in [1.82, 2.24) is 4.98 Å². The molecular weight excluding hydrogens is 304 g/mol. The first-order chi connectivity index (χ1) is 10.1. The summed E-state index contributed by atoms with van der Waals surface area (Å²) in [6.45, 7) is 3.94. The predicted octanol–water partition coefficient (Wildman–Crippen LogP) is 3.63. The monoisotopic (exact) mass is 320 g/mol. The van der Waals surface area contributed by atoms with Gasteiger partial charge in [-0.2, -0.15) is 0 Å². The molecule has 0 N–H and O–H groups in total. The van der Waals surface area contributed by atoms with Gasteiger partial charge in [0.25, 0.3) is 0 Å². The fraction of sp³-hybridized carbons (Fsp3) is 0.333. The lowest BCUT2D eigenvalue weighted by molar-refractivity contribution is -0.117. The van der Waals surface area contributed by atoms with Gasteiger partial charge >= 0.3 is 0 Å². The van der Waals surface area contributed by atoms with Crippen LogP contribution in [0.5, 0.6) is 5.75 Å². The van der Waals surface area contributed by atoms with Crippen LogP contribution in [0.25, 0.3) is 0 Å². The molecule has 2 heterocycles. The van der Waals surface area contributed by atoms with Crippen LogP contribution in [0.3, 0.4) is 0 Å². The van der Waals surface area contributed by atoms with Crippen LogP contribution in [0.2, 0.25) is 0 Å². The minimum Gasteiger partial charge on any atom is -0.497 e. The van der Waals surface area contributed by atoms with Crippen molar-refractivity contribution in [2.75, 3.05) is 12.0 Å². The first-order valence-electron chi connectivity index (χ1n) is 6.65. The van der Waals surface area contributed by atoms with Crippen LogP contribution in [-0.2, 0) is 4.79 Å². The number of benzene rings is 1. The van der Waals surface area contributed by atoms with Gasteiger partial charge in [-0.25, -0.2) is 4.98 Å². The number of thiazole rings is 1. The minimum atomic E-state index is -0.0644. The van der Waals surface area contributed by atoms with Crippen molar-refractivity contribution in [3.05, 3.63) is 40.9 Å². The Labute approximate surface area is 132 Å². The molecule has 0 saturated carbocycles. The van der Waals surface area contributed by atoms with E-state index in [1.54, 1.807) is 30.2 Å². The predicted molar refractivity (Wildman–Crippen MR) is 87.1 cm³/mol. The zero-order valence-electron chi connectivity index (χ0n) is 12.1. The Balaban J connectivity index is 2.00. The Bertz CT molecular complexity index is 671. The van der Waals surface area contributed by atoms with Gasteiger partial charge in [0.15, 0.2) is 5.13 Å². The maximum absolute atomic E-state index is 12.5. The zero-order chi connectivity index (χ0) is 15.0. The summed E-state index contributed by atoms with van der Waals surface area (Å²) in [5.41, 5.74) is 1.06. The van der Waals surface area contributed by atoms with Gasteiger partial charge in [0.2, 0.25) is 5.91 Å². The molecule has 0 spiro atoms. The van der Waals surface area contributed by atoms with Crippen molar-refractivity contribution in [2.45, 2.75) is 24.5 Å². The van der Waals surface area contributed by atoms with Crippen molar-refractivity contribution >= 4 is 34.1 Å². The topological polar surface area (TPSA) is 42.4 Å². The molecule has 110 valence electrons. The first-order valence-corrected chi connectivity index (χ1v) is 8.41. The van der Waals surface area contributed by atoms with Crippen molar-refractivity contribution in [3.8, 4) is 5.75 Å². The van der Waals surface area contributed by atoms with Gasteiger partial charge in [0.05, 0.1) is 12.4 Å². The van der Waals surface area contributed by atoms with Gasteiger partial charge in [-0.15, -0.1) is 23.1 Å². The van der Waals surface area contributed by atoms with Crippen molar-refractivity contribution in [1.29, 1.82) is 0 Å². The van der Waals surface area contributed by atoms with Gasteiger partial charge in [-0.1, -0.05) is 12.1 Å². The Hall–Kier alpha value is -1.53. The second kappa shape index (κ2) is 5.69.